The molecule has 1 aromatic rings. The standard InChI is InChI=1S/C16H24N2OS.ClH/c1-12-5-7-15(8-6-12)20-11-16(19)18-9-3-4-14(10-18)13(2)17;/h5-8,13-14H,3-4,9-11,17H2,1-2H3;1H. The van der Waals surface area contributed by atoms with Crippen LogP contribution in [0.2, 0.25) is 0 Å². The van der Waals surface area contributed by atoms with Crippen molar-refractivity contribution in [3.63, 3.8) is 0 Å². The first-order chi connectivity index (χ1) is 9.56. The maximum atomic E-state index is 12.3. The summed E-state index contributed by atoms with van der Waals surface area (Å²) < 4.78 is 0. The van der Waals surface area contributed by atoms with E-state index < -0.39 is 0 Å². The van der Waals surface area contributed by atoms with E-state index in [1.807, 2.05) is 11.8 Å². The second-order valence-corrected chi connectivity index (χ2v) is 6.75. The molecule has 2 N–H and O–H groups in total. The largest absolute Gasteiger partial charge is 0.342 e. The Morgan fingerprint density at radius 2 is 2.10 bits per heavy atom. The van der Waals surface area contributed by atoms with E-state index in [4.69, 9.17) is 5.73 Å². The van der Waals surface area contributed by atoms with Gasteiger partial charge in [-0.2, -0.15) is 0 Å². The van der Waals surface area contributed by atoms with Gasteiger partial charge in [-0.25, -0.2) is 0 Å². The van der Waals surface area contributed by atoms with Crippen molar-refractivity contribution in [3.05, 3.63) is 29.8 Å². The molecular formula is C16H25ClN2OS. The summed E-state index contributed by atoms with van der Waals surface area (Å²) in [5.74, 6) is 1.22. The van der Waals surface area contributed by atoms with Gasteiger partial charge in [-0.3, -0.25) is 4.79 Å². The summed E-state index contributed by atoms with van der Waals surface area (Å²) in [6, 6.07) is 8.50. The number of likely N-dealkylation sites (tertiary alicyclic amines) is 1. The highest BCUT2D eigenvalue weighted by atomic mass is 35.5. The molecule has 1 fully saturated rings. The van der Waals surface area contributed by atoms with E-state index in [1.54, 1.807) is 11.8 Å². The Bertz CT molecular complexity index is 450. The molecule has 0 spiro atoms. The van der Waals surface area contributed by atoms with Crippen LogP contribution in [-0.2, 0) is 4.79 Å². The average Bonchev–Trinajstić information content (AvgIpc) is 2.46. The third-order valence-corrected chi connectivity index (χ3v) is 4.93. The lowest BCUT2D eigenvalue weighted by Gasteiger charge is -2.34. The molecule has 1 aliphatic heterocycles. The maximum Gasteiger partial charge on any atom is 0.232 e. The van der Waals surface area contributed by atoms with E-state index in [0.29, 0.717) is 11.7 Å². The summed E-state index contributed by atoms with van der Waals surface area (Å²) >= 11 is 1.62. The van der Waals surface area contributed by atoms with E-state index in [0.717, 1.165) is 30.8 Å². The van der Waals surface area contributed by atoms with Gasteiger partial charge in [0.15, 0.2) is 0 Å². The minimum Gasteiger partial charge on any atom is -0.342 e. The molecule has 2 rings (SSSR count). The van der Waals surface area contributed by atoms with Crippen LogP contribution in [0, 0.1) is 12.8 Å². The van der Waals surface area contributed by atoms with Crippen LogP contribution in [0.1, 0.15) is 25.3 Å². The first-order valence-corrected chi connectivity index (χ1v) is 8.27. The number of benzene rings is 1. The Kier molecular flexibility index (Phi) is 7.57. The summed E-state index contributed by atoms with van der Waals surface area (Å²) in [6.45, 7) is 5.82. The number of thioether (sulfide) groups is 1. The number of hydrogen-bond donors (Lipinski definition) is 1. The lowest BCUT2D eigenvalue weighted by Crippen LogP contribution is -2.45. The lowest BCUT2D eigenvalue weighted by molar-refractivity contribution is -0.130. The molecular weight excluding hydrogens is 304 g/mol. The summed E-state index contributed by atoms with van der Waals surface area (Å²) in [6.07, 6.45) is 2.22. The van der Waals surface area contributed by atoms with Gasteiger partial charge in [0.05, 0.1) is 5.75 Å². The van der Waals surface area contributed by atoms with Crippen LogP contribution in [0.5, 0.6) is 0 Å². The molecule has 1 aliphatic rings. The molecule has 1 amide bonds. The summed E-state index contributed by atoms with van der Waals surface area (Å²) in [5, 5.41) is 0. The molecule has 0 bridgehead atoms. The fraction of sp³-hybridized carbons (Fsp3) is 0.562. The number of hydrogen-bond acceptors (Lipinski definition) is 3. The SMILES string of the molecule is Cc1ccc(SCC(=O)N2CCCC(C(C)N)C2)cc1.Cl. The second-order valence-electron chi connectivity index (χ2n) is 5.70. The van der Waals surface area contributed by atoms with Crippen LogP contribution >= 0.6 is 24.2 Å². The quantitative estimate of drug-likeness (QED) is 0.864. The number of carbonyl (C=O) groups is 1. The van der Waals surface area contributed by atoms with Gasteiger partial charge in [0.1, 0.15) is 0 Å². The Hall–Kier alpha value is -0.710. The highest BCUT2D eigenvalue weighted by molar-refractivity contribution is 8.00. The van der Waals surface area contributed by atoms with Crippen LogP contribution in [0.25, 0.3) is 0 Å². The van der Waals surface area contributed by atoms with Gasteiger partial charge in [0, 0.05) is 24.0 Å². The molecule has 2 unspecified atom stereocenters. The van der Waals surface area contributed by atoms with Crippen LogP contribution < -0.4 is 5.73 Å². The smallest absolute Gasteiger partial charge is 0.232 e. The predicted octanol–water partition coefficient (Wildman–Crippen LogP) is 3.09. The van der Waals surface area contributed by atoms with Crippen molar-refractivity contribution in [2.75, 3.05) is 18.8 Å². The number of nitrogens with two attached hydrogens (primary N) is 1. The van der Waals surface area contributed by atoms with E-state index in [1.165, 1.54) is 5.56 Å². The summed E-state index contributed by atoms with van der Waals surface area (Å²) in [5.41, 5.74) is 7.21. The minimum absolute atomic E-state index is 0. The van der Waals surface area contributed by atoms with E-state index in [2.05, 4.69) is 31.2 Å². The van der Waals surface area contributed by atoms with Crippen LogP contribution in [0.3, 0.4) is 0 Å². The number of halogens is 1. The Labute approximate surface area is 138 Å². The first-order valence-electron chi connectivity index (χ1n) is 7.29. The van der Waals surface area contributed by atoms with Crippen molar-refractivity contribution in [1.29, 1.82) is 0 Å². The van der Waals surface area contributed by atoms with E-state index >= 15 is 0 Å². The highest BCUT2D eigenvalue weighted by Crippen LogP contribution is 2.22. The maximum absolute atomic E-state index is 12.3. The zero-order valence-electron chi connectivity index (χ0n) is 12.7. The molecule has 0 radical (unpaired) electrons. The van der Waals surface area contributed by atoms with Gasteiger partial charge >= 0.3 is 0 Å². The van der Waals surface area contributed by atoms with Crippen molar-refractivity contribution in [2.24, 2.45) is 11.7 Å². The number of amides is 1. The molecule has 118 valence electrons. The van der Waals surface area contributed by atoms with Crippen molar-refractivity contribution in [1.82, 2.24) is 4.90 Å². The molecule has 0 aromatic heterocycles. The van der Waals surface area contributed by atoms with Gasteiger partial charge in [-0.05, 0) is 44.7 Å². The number of nitrogens with zero attached hydrogens (tertiary/aromatic N) is 1. The van der Waals surface area contributed by atoms with Crippen LogP contribution in [0.15, 0.2) is 29.2 Å². The van der Waals surface area contributed by atoms with Gasteiger partial charge in [0.2, 0.25) is 5.91 Å². The van der Waals surface area contributed by atoms with Crippen molar-refractivity contribution >= 4 is 30.1 Å². The van der Waals surface area contributed by atoms with Crippen molar-refractivity contribution < 1.29 is 4.79 Å². The Morgan fingerprint density at radius 3 is 2.71 bits per heavy atom. The lowest BCUT2D eigenvalue weighted by atomic mass is 9.92. The van der Waals surface area contributed by atoms with Crippen LogP contribution in [0.4, 0.5) is 0 Å². The molecule has 0 aliphatic carbocycles. The highest BCUT2D eigenvalue weighted by Gasteiger charge is 2.25. The Balaban J connectivity index is 0.00000220. The zero-order chi connectivity index (χ0) is 14.5. The molecule has 3 nitrogen and oxygen atoms in total. The normalized spacial score (nSPS) is 19.8. The number of carbonyl (C=O) groups excluding carboxylic acids is 1. The monoisotopic (exact) mass is 328 g/mol. The fourth-order valence-electron chi connectivity index (χ4n) is 2.54. The topological polar surface area (TPSA) is 46.3 Å². The van der Waals surface area contributed by atoms with E-state index in [9.17, 15) is 4.79 Å². The summed E-state index contributed by atoms with van der Waals surface area (Å²) in [7, 11) is 0. The van der Waals surface area contributed by atoms with Gasteiger partial charge in [-0.15, -0.1) is 24.2 Å². The number of aryl methyl sites for hydroxylation is 1. The van der Waals surface area contributed by atoms with Crippen molar-refractivity contribution in [2.45, 2.75) is 37.6 Å². The fourth-order valence-corrected chi connectivity index (χ4v) is 3.34. The minimum atomic E-state index is 0. The molecule has 2 atom stereocenters. The third-order valence-electron chi connectivity index (χ3n) is 3.94. The van der Waals surface area contributed by atoms with Crippen LogP contribution in [-0.4, -0.2) is 35.7 Å². The molecule has 1 heterocycles. The molecule has 5 heteroatoms. The third kappa shape index (κ3) is 5.53. The number of rotatable bonds is 4. The van der Waals surface area contributed by atoms with Gasteiger partial charge in [-0.1, -0.05) is 17.7 Å². The van der Waals surface area contributed by atoms with Gasteiger partial charge in [0.25, 0.3) is 0 Å². The molecule has 0 saturated carbocycles. The average molecular weight is 329 g/mol. The summed E-state index contributed by atoms with van der Waals surface area (Å²) in [4.78, 5) is 15.4. The molecule has 1 saturated heterocycles. The Morgan fingerprint density at radius 1 is 1.43 bits per heavy atom. The zero-order valence-corrected chi connectivity index (χ0v) is 14.4. The van der Waals surface area contributed by atoms with E-state index in [-0.39, 0.29) is 24.4 Å². The second kappa shape index (κ2) is 8.66. The van der Waals surface area contributed by atoms with Crippen molar-refractivity contribution in [3.8, 4) is 0 Å². The van der Waals surface area contributed by atoms with Gasteiger partial charge < -0.3 is 10.6 Å². The first kappa shape index (κ1) is 18.3. The molecule has 1 aromatic carbocycles. The number of piperidine rings is 1. The molecule has 21 heavy (non-hydrogen) atoms. The predicted molar refractivity (Wildman–Crippen MR) is 92.1 cm³/mol.